The Morgan fingerprint density at radius 1 is 1.43 bits per heavy atom. The predicted molar refractivity (Wildman–Crippen MR) is 59.7 cm³/mol. The quantitative estimate of drug-likeness (QED) is 0.696. The minimum absolute atomic E-state index is 0.606. The summed E-state index contributed by atoms with van der Waals surface area (Å²) in [7, 11) is 0. The predicted octanol–water partition coefficient (Wildman–Crippen LogP) is 2.69. The Labute approximate surface area is 88.9 Å². The summed E-state index contributed by atoms with van der Waals surface area (Å²) in [6, 6.07) is 9.42. The molecule has 0 fully saturated rings. The molecule has 0 radical (unpaired) electrons. The molecule has 0 spiro atoms. The van der Waals surface area contributed by atoms with Crippen molar-refractivity contribution in [2.45, 2.75) is 6.92 Å². The van der Waals surface area contributed by atoms with Crippen LogP contribution in [0.2, 0.25) is 0 Å². The first-order valence-electron chi connectivity index (χ1n) is 4.58. The van der Waals surface area contributed by atoms with Crippen LogP contribution in [-0.2, 0) is 0 Å². The summed E-state index contributed by atoms with van der Waals surface area (Å²) in [5.41, 5.74) is 0.606. The normalized spacial score (nSPS) is 9.43. The Kier molecular flexibility index (Phi) is 4.95. The van der Waals surface area contributed by atoms with E-state index in [1.165, 1.54) is 0 Å². The first kappa shape index (κ1) is 10.9. The molecule has 0 atom stereocenters. The Hall–Kier alpha value is -1.14. The molecular weight excluding hydrogens is 194 g/mol. The number of hydrogen-bond acceptors (Lipinski definition) is 3. The van der Waals surface area contributed by atoms with Crippen LogP contribution in [0.3, 0.4) is 0 Å². The summed E-state index contributed by atoms with van der Waals surface area (Å²) >= 11 is 1.83. The van der Waals surface area contributed by atoms with E-state index in [9.17, 15) is 0 Å². The van der Waals surface area contributed by atoms with Gasteiger partial charge in [-0.3, -0.25) is 0 Å². The van der Waals surface area contributed by atoms with Crippen LogP contribution in [0.4, 0.5) is 0 Å². The van der Waals surface area contributed by atoms with Crippen molar-refractivity contribution in [3.63, 3.8) is 0 Å². The van der Waals surface area contributed by atoms with Gasteiger partial charge >= 0.3 is 0 Å². The Morgan fingerprint density at radius 3 is 2.93 bits per heavy atom. The minimum atomic E-state index is 0.606. The third-order valence-electron chi connectivity index (χ3n) is 1.70. The summed E-state index contributed by atoms with van der Waals surface area (Å²) in [6.45, 7) is 2.78. The molecule has 0 aliphatic carbocycles. The molecule has 2 nitrogen and oxygen atoms in total. The lowest BCUT2D eigenvalue weighted by molar-refractivity contribution is 0.343. The van der Waals surface area contributed by atoms with Crippen molar-refractivity contribution >= 4 is 11.8 Å². The Balaban J connectivity index is 2.46. The number of rotatable bonds is 5. The number of nitriles is 1. The highest BCUT2D eigenvalue weighted by atomic mass is 32.2. The molecule has 0 aliphatic rings. The lowest BCUT2D eigenvalue weighted by Crippen LogP contribution is -2.01. The number of benzene rings is 1. The smallest absolute Gasteiger partial charge is 0.137 e. The van der Waals surface area contributed by atoms with Gasteiger partial charge in [0.1, 0.15) is 11.8 Å². The van der Waals surface area contributed by atoms with Gasteiger partial charge in [0, 0.05) is 5.75 Å². The molecule has 0 aromatic heterocycles. The number of hydrogen-bond donors (Lipinski definition) is 0. The number of thioether (sulfide) groups is 1. The molecule has 3 heteroatoms. The molecule has 1 aromatic rings. The molecule has 0 bridgehead atoms. The van der Waals surface area contributed by atoms with Crippen molar-refractivity contribution < 1.29 is 4.74 Å². The summed E-state index contributed by atoms with van der Waals surface area (Å²) < 4.78 is 5.49. The molecule has 0 saturated heterocycles. The topological polar surface area (TPSA) is 33.0 Å². The fourth-order valence-electron chi connectivity index (χ4n) is 1.04. The van der Waals surface area contributed by atoms with E-state index in [0.717, 1.165) is 11.5 Å². The van der Waals surface area contributed by atoms with E-state index in [2.05, 4.69) is 13.0 Å². The van der Waals surface area contributed by atoms with Crippen LogP contribution < -0.4 is 4.74 Å². The first-order chi connectivity index (χ1) is 6.88. The van der Waals surface area contributed by atoms with Gasteiger partial charge in [-0.15, -0.1) is 0 Å². The molecule has 0 saturated carbocycles. The van der Waals surface area contributed by atoms with E-state index in [-0.39, 0.29) is 0 Å². The maximum absolute atomic E-state index is 8.79. The average Bonchev–Trinajstić information content (AvgIpc) is 2.25. The summed E-state index contributed by atoms with van der Waals surface area (Å²) in [4.78, 5) is 0. The van der Waals surface area contributed by atoms with Crippen molar-refractivity contribution in [1.82, 2.24) is 0 Å². The summed E-state index contributed by atoms with van der Waals surface area (Å²) in [5, 5.41) is 8.79. The van der Waals surface area contributed by atoms with Gasteiger partial charge in [0.2, 0.25) is 0 Å². The van der Waals surface area contributed by atoms with E-state index in [1.807, 2.05) is 30.0 Å². The molecular formula is C11H13NOS. The molecule has 1 aromatic carbocycles. The third kappa shape index (κ3) is 3.31. The van der Waals surface area contributed by atoms with Crippen molar-refractivity contribution in [1.29, 1.82) is 5.26 Å². The molecule has 1 rings (SSSR count). The minimum Gasteiger partial charge on any atom is -0.491 e. The van der Waals surface area contributed by atoms with Crippen LogP contribution >= 0.6 is 11.8 Å². The van der Waals surface area contributed by atoms with E-state index in [0.29, 0.717) is 17.9 Å². The summed E-state index contributed by atoms with van der Waals surface area (Å²) in [6.07, 6.45) is 0. The zero-order valence-corrected chi connectivity index (χ0v) is 9.01. The molecule has 0 unspecified atom stereocenters. The Bertz CT molecular complexity index is 319. The largest absolute Gasteiger partial charge is 0.491 e. The lowest BCUT2D eigenvalue weighted by Gasteiger charge is -2.06. The van der Waals surface area contributed by atoms with Crippen LogP contribution in [0, 0.1) is 11.3 Å². The third-order valence-corrected chi connectivity index (χ3v) is 2.56. The standard InChI is InChI=1S/C11H13NOS/c1-2-14-8-7-13-11-6-4-3-5-10(11)9-12/h3-6H,2,7-8H2,1H3. The molecule has 0 N–H and O–H groups in total. The van der Waals surface area contributed by atoms with Crippen LogP contribution in [0.15, 0.2) is 24.3 Å². The van der Waals surface area contributed by atoms with E-state index < -0.39 is 0 Å². The van der Waals surface area contributed by atoms with Gasteiger partial charge < -0.3 is 4.74 Å². The van der Waals surface area contributed by atoms with E-state index in [1.54, 1.807) is 6.07 Å². The fraction of sp³-hybridized carbons (Fsp3) is 0.364. The van der Waals surface area contributed by atoms with Gasteiger partial charge in [0.25, 0.3) is 0 Å². The van der Waals surface area contributed by atoms with Gasteiger partial charge in [-0.2, -0.15) is 17.0 Å². The second-order valence-electron chi connectivity index (χ2n) is 2.65. The molecule has 14 heavy (non-hydrogen) atoms. The average molecular weight is 207 g/mol. The number of para-hydroxylation sites is 1. The van der Waals surface area contributed by atoms with Gasteiger partial charge in [0.05, 0.1) is 12.2 Å². The molecule has 0 heterocycles. The number of nitrogens with zero attached hydrogens (tertiary/aromatic N) is 1. The van der Waals surface area contributed by atoms with E-state index >= 15 is 0 Å². The van der Waals surface area contributed by atoms with Crippen molar-refractivity contribution in [2.75, 3.05) is 18.1 Å². The van der Waals surface area contributed by atoms with Gasteiger partial charge in [0.15, 0.2) is 0 Å². The Morgan fingerprint density at radius 2 is 2.21 bits per heavy atom. The van der Waals surface area contributed by atoms with Gasteiger partial charge in [-0.1, -0.05) is 19.1 Å². The van der Waals surface area contributed by atoms with Crippen molar-refractivity contribution in [3.05, 3.63) is 29.8 Å². The first-order valence-corrected chi connectivity index (χ1v) is 5.73. The molecule has 0 amide bonds. The van der Waals surface area contributed by atoms with Crippen molar-refractivity contribution in [3.8, 4) is 11.8 Å². The highest BCUT2D eigenvalue weighted by Gasteiger charge is 2.00. The zero-order chi connectivity index (χ0) is 10.2. The highest BCUT2D eigenvalue weighted by molar-refractivity contribution is 7.99. The van der Waals surface area contributed by atoms with Gasteiger partial charge in [-0.25, -0.2) is 0 Å². The van der Waals surface area contributed by atoms with Crippen LogP contribution in [-0.4, -0.2) is 18.1 Å². The summed E-state index contributed by atoms with van der Waals surface area (Å²) in [5.74, 6) is 2.76. The van der Waals surface area contributed by atoms with Crippen LogP contribution in [0.25, 0.3) is 0 Å². The highest BCUT2D eigenvalue weighted by Crippen LogP contribution is 2.16. The van der Waals surface area contributed by atoms with Gasteiger partial charge in [-0.05, 0) is 17.9 Å². The van der Waals surface area contributed by atoms with E-state index in [4.69, 9.17) is 10.00 Å². The maximum Gasteiger partial charge on any atom is 0.137 e. The second-order valence-corrected chi connectivity index (χ2v) is 4.05. The zero-order valence-electron chi connectivity index (χ0n) is 8.19. The molecule has 74 valence electrons. The SMILES string of the molecule is CCSCCOc1ccccc1C#N. The monoisotopic (exact) mass is 207 g/mol. The number of ether oxygens (including phenoxy) is 1. The maximum atomic E-state index is 8.79. The van der Waals surface area contributed by atoms with Crippen LogP contribution in [0.1, 0.15) is 12.5 Å². The van der Waals surface area contributed by atoms with Crippen LogP contribution in [0.5, 0.6) is 5.75 Å². The second kappa shape index (κ2) is 6.33. The fourth-order valence-corrected chi connectivity index (χ4v) is 1.53. The molecule has 0 aliphatic heterocycles. The lowest BCUT2D eigenvalue weighted by atomic mass is 10.2. The van der Waals surface area contributed by atoms with Crippen molar-refractivity contribution in [2.24, 2.45) is 0 Å².